The minimum Gasteiger partial charge on any atom is -0.361 e. The monoisotopic (exact) mass is 304 g/mol. The second-order valence-electron chi connectivity index (χ2n) is 4.19. The van der Waals surface area contributed by atoms with Crippen LogP contribution >= 0.6 is 15.9 Å². The summed E-state index contributed by atoms with van der Waals surface area (Å²) in [6, 6.07) is 8.21. The summed E-state index contributed by atoms with van der Waals surface area (Å²) in [5.74, 6) is 0.960. The van der Waals surface area contributed by atoms with E-state index in [1.165, 1.54) is 10.9 Å². The highest BCUT2D eigenvalue weighted by Crippen LogP contribution is 2.29. The first-order valence-electron chi connectivity index (χ1n) is 5.76. The number of fused-ring (bicyclic) bond motifs is 1. The molecule has 5 heteroatoms. The van der Waals surface area contributed by atoms with Crippen molar-refractivity contribution in [3.63, 3.8) is 0 Å². The van der Waals surface area contributed by atoms with Gasteiger partial charge in [0.15, 0.2) is 0 Å². The van der Waals surface area contributed by atoms with Gasteiger partial charge in [0.2, 0.25) is 0 Å². The molecule has 0 saturated carbocycles. The average molecular weight is 305 g/mol. The summed E-state index contributed by atoms with van der Waals surface area (Å²) < 4.78 is 0.871. The number of nitrogens with two attached hydrogens (primary N) is 1. The van der Waals surface area contributed by atoms with Gasteiger partial charge in [-0.25, -0.2) is 4.98 Å². The first-order valence-corrected chi connectivity index (χ1v) is 6.55. The normalized spacial score (nSPS) is 13.0. The van der Waals surface area contributed by atoms with Crippen LogP contribution in [0.2, 0.25) is 0 Å². The molecule has 1 aromatic carbocycles. The van der Waals surface area contributed by atoms with Crippen molar-refractivity contribution in [2.45, 2.75) is 5.92 Å². The van der Waals surface area contributed by atoms with E-state index in [1.807, 2.05) is 18.3 Å². The number of imidazole rings is 1. The number of nitrogens with zero attached hydrogens (tertiary/aromatic N) is 1. The highest BCUT2D eigenvalue weighted by Gasteiger charge is 2.19. The van der Waals surface area contributed by atoms with Crippen molar-refractivity contribution in [1.82, 2.24) is 15.0 Å². The molecule has 0 spiro atoms. The second kappa shape index (κ2) is 4.59. The summed E-state index contributed by atoms with van der Waals surface area (Å²) in [6.45, 7) is 0.516. The van der Waals surface area contributed by atoms with E-state index < -0.39 is 0 Å². The Balaban J connectivity index is 2.11. The second-order valence-corrected chi connectivity index (χ2v) is 5.05. The molecule has 1 unspecified atom stereocenters. The van der Waals surface area contributed by atoms with E-state index in [2.05, 4.69) is 43.0 Å². The van der Waals surface area contributed by atoms with E-state index >= 15 is 0 Å². The minimum absolute atomic E-state index is 0.0763. The van der Waals surface area contributed by atoms with E-state index in [-0.39, 0.29) is 5.92 Å². The van der Waals surface area contributed by atoms with Gasteiger partial charge in [-0.1, -0.05) is 18.2 Å². The Bertz CT molecular complexity index is 670. The first kappa shape index (κ1) is 11.5. The fraction of sp³-hybridized carbons (Fsp3) is 0.154. The standard InChI is InChI=1S/C13H13BrN4/c14-12-7-17-13(18-12)9(5-15)10-6-16-11-4-2-1-3-8(10)11/h1-4,6-7,9,16H,5,15H2,(H,17,18). The lowest BCUT2D eigenvalue weighted by molar-refractivity contribution is 0.769. The largest absolute Gasteiger partial charge is 0.361 e. The summed E-state index contributed by atoms with van der Waals surface area (Å²) >= 11 is 3.38. The fourth-order valence-electron chi connectivity index (χ4n) is 2.26. The molecule has 0 aliphatic carbocycles. The molecule has 0 bridgehead atoms. The SMILES string of the molecule is NCC(c1ncc(Br)[nH]1)c1c[nH]c2ccccc12. The molecule has 0 saturated heterocycles. The van der Waals surface area contributed by atoms with Crippen molar-refractivity contribution in [3.8, 4) is 0 Å². The molecule has 3 aromatic rings. The molecule has 2 heterocycles. The van der Waals surface area contributed by atoms with Gasteiger partial charge in [-0.2, -0.15) is 0 Å². The number of halogens is 1. The molecule has 0 amide bonds. The lowest BCUT2D eigenvalue weighted by Gasteiger charge is -2.11. The Morgan fingerprint density at radius 1 is 1.33 bits per heavy atom. The Labute approximate surface area is 113 Å². The molecule has 0 fully saturated rings. The lowest BCUT2D eigenvalue weighted by Crippen LogP contribution is -2.14. The number of H-pyrrole nitrogens is 2. The summed E-state index contributed by atoms with van der Waals surface area (Å²) in [7, 11) is 0. The maximum atomic E-state index is 5.91. The number of nitrogens with one attached hydrogen (secondary N) is 2. The molecule has 0 aliphatic heterocycles. The van der Waals surface area contributed by atoms with Crippen molar-refractivity contribution in [3.05, 3.63) is 52.7 Å². The van der Waals surface area contributed by atoms with Crippen LogP contribution in [0.25, 0.3) is 10.9 Å². The number of aromatic amines is 2. The molecule has 4 N–H and O–H groups in total. The van der Waals surface area contributed by atoms with Crippen LogP contribution in [-0.4, -0.2) is 21.5 Å². The number of rotatable bonds is 3. The molecular weight excluding hydrogens is 292 g/mol. The van der Waals surface area contributed by atoms with Gasteiger partial charge in [0.25, 0.3) is 0 Å². The average Bonchev–Trinajstić information content (AvgIpc) is 2.98. The molecule has 0 radical (unpaired) electrons. The van der Waals surface area contributed by atoms with Gasteiger partial charge in [-0.05, 0) is 27.6 Å². The van der Waals surface area contributed by atoms with Gasteiger partial charge in [-0.3, -0.25) is 0 Å². The van der Waals surface area contributed by atoms with Crippen molar-refractivity contribution in [2.24, 2.45) is 5.73 Å². The van der Waals surface area contributed by atoms with Crippen LogP contribution in [0.3, 0.4) is 0 Å². The molecule has 92 valence electrons. The quantitative estimate of drug-likeness (QED) is 0.696. The Morgan fingerprint density at radius 3 is 2.89 bits per heavy atom. The molecule has 4 nitrogen and oxygen atoms in total. The number of benzene rings is 1. The summed E-state index contributed by atoms with van der Waals surface area (Å²) in [5, 5.41) is 1.19. The number of aromatic nitrogens is 3. The highest BCUT2D eigenvalue weighted by atomic mass is 79.9. The van der Waals surface area contributed by atoms with E-state index in [1.54, 1.807) is 6.20 Å². The number of hydrogen-bond acceptors (Lipinski definition) is 2. The van der Waals surface area contributed by atoms with Crippen molar-refractivity contribution in [2.75, 3.05) is 6.54 Å². The van der Waals surface area contributed by atoms with Crippen LogP contribution in [-0.2, 0) is 0 Å². The van der Waals surface area contributed by atoms with Gasteiger partial charge < -0.3 is 15.7 Å². The molecular formula is C13H13BrN4. The zero-order valence-corrected chi connectivity index (χ0v) is 11.2. The predicted octanol–water partition coefficient (Wildman–Crippen LogP) is 2.74. The fourth-order valence-corrected chi connectivity index (χ4v) is 2.56. The van der Waals surface area contributed by atoms with Crippen LogP contribution in [0.4, 0.5) is 0 Å². The molecule has 18 heavy (non-hydrogen) atoms. The molecule has 2 aromatic heterocycles. The lowest BCUT2D eigenvalue weighted by atomic mass is 9.98. The topological polar surface area (TPSA) is 70.5 Å². The van der Waals surface area contributed by atoms with Crippen LogP contribution < -0.4 is 5.73 Å². The predicted molar refractivity (Wildman–Crippen MR) is 75.5 cm³/mol. The smallest absolute Gasteiger partial charge is 0.115 e. The first-order chi connectivity index (χ1) is 8.79. The Morgan fingerprint density at radius 2 is 2.17 bits per heavy atom. The third-order valence-electron chi connectivity index (χ3n) is 3.13. The number of para-hydroxylation sites is 1. The van der Waals surface area contributed by atoms with Crippen LogP contribution in [0.15, 0.2) is 41.3 Å². The van der Waals surface area contributed by atoms with Crippen LogP contribution in [0.5, 0.6) is 0 Å². The van der Waals surface area contributed by atoms with E-state index in [9.17, 15) is 0 Å². The third kappa shape index (κ3) is 1.85. The van der Waals surface area contributed by atoms with Crippen molar-refractivity contribution in [1.29, 1.82) is 0 Å². The Hall–Kier alpha value is -1.59. The van der Waals surface area contributed by atoms with E-state index in [4.69, 9.17) is 5.73 Å². The van der Waals surface area contributed by atoms with Crippen molar-refractivity contribution < 1.29 is 0 Å². The van der Waals surface area contributed by atoms with Gasteiger partial charge in [0.1, 0.15) is 10.4 Å². The minimum atomic E-state index is 0.0763. The van der Waals surface area contributed by atoms with Crippen LogP contribution in [0.1, 0.15) is 17.3 Å². The van der Waals surface area contributed by atoms with E-state index in [0.717, 1.165) is 15.9 Å². The van der Waals surface area contributed by atoms with Gasteiger partial charge >= 0.3 is 0 Å². The van der Waals surface area contributed by atoms with Gasteiger partial charge in [0, 0.05) is 23.6 Å². The molecule has 1 atom stereocenters. The zero-order chi connectivity index (χ0) is 12.5. The van der Waals surface area contributed by atoms with Crippen LogP contribution in [0, 0.1) is 0 Å². The Kier molecular flexibility index (Phi) is 2.93. The van der Waals surface area contributed by atoms with Gasteiger partial charge in [0.05, 0.1) is 12.1 Å². The number of hydrogen-bond donors (Lipinski definition) is 3. The third-order valence-corrected chi connectivity index (χ3v) is 3.53. The summed E-state index contributed by atoms with van der Waals surface area (Å²) in [4.78, 5) is 10.8. The molecule has 3 rings (SSSR count). The van der Waals surface area contributed by atoms with E-state index in [0.29, 0.717) is 6.54 Å². The summed E-state index contributed by atoms with van der Waals surface area (Å²) in [5.41, 5.74) is 8.20. The molecule has 0 aliphatic rings. The summed E-state index contributed by atoms with van der Waals surface area (Å²) in [6.07, 6.45) is 3.77. The van der Waals surface area contributed by atoms with Crippen molar-refractivity contribution >= 4 is 26.8 Å². The maximum absolute atomic E-state index is 5.91. The highest BCUT2D eigenvalue weighted by molar-refractivity contribution is 9.10. The van der Waals surface area contributed by atoms with Gasteiger partial charge in [-0.15, -0.1) is 0 Å². The zero-order valence-electron chi connectivity index (χ0n) is 9.65. The maximum Gasteiger partial charge on any atom is 0.115 e.